The molecule has 1 aromatic rings. The van der Waals surface area contributed by atoms with Crippen molar-refractivity contribution in [3.05, 3.63) is 28.8 Å². The SMILES string of the molecule is COCCCNC(=O)CN(c1ccc(Cl)c(C(F)(F)F)c1)S(C)(=O)=O. The molecule has 0 radical (unpaired) electrons. The number of sulfonamides is 1. The van der Waals surface area contributed by atoms with Crippen molar-refractivity contribution in [1.29, 1.82) is 0 Å². The molecule has 1 amide bonds. The maximum absolute atomic E-state index is 12.9. The maximum Gasteiger partial charge on any atom is 0.417 e. The summed E-state index contributed by atoms with van der Waals surface area (Å²) in [5.41, 5.74) is -1.48. The highest BCUT2D eigenvalue weighted by molar-refractivity contribution is 7.92. The number of nitrogens with one attached hydrogen (secondary N) is 1. The molecule has 0 saturated heterocycles. The van der Waals surface area contributed by atoms with E-state index in [1.807, 2.05) is 0 Å². The van der Waals surface area contributed by atoms with Gasteiger partial charge in [-0.15, -0.1) is 0 Å². The number of hydrogen-bond acceptors (Lipinski definition) is 4. The van der Waals surface area contributed by atoms with Gasteiger partial charge in [0.25, 0.3) is 0 Å². The van der Waals surface area contributed by atoms with E-state index in [9.17, 15) is 26.4 Å². The van der Waals surface area contributed by atoms with Gasteiger partial charge in [0.2, 0.25) is 15.9 Å². The van der Waals surface area contributed by atoms with Gasteiger partial charge in [0.1, 0.15) is 6.54 Å². The number of ether oxygens (including phenoxy) is 1. The van der Waals surface area contributed by atoms with E-state index in [4.69, 9.17) is 16.3 Å². The van der Waals surface area contributed by atoms with E-state index in [1.54, 1.807) is 0 Å². The topological polar surface area (TPSA) is 75.7 Å². The van der Waals surface area contributed by atoms with E-state index in [-0.39, 0.29) is 12.2 Å². The summed E-state index contributed by atoms with van der Waals surface area (Å²) in [6.45, 7) is 0.00559. The lowest BCUT2D eigenvalue weighted by Crippen LogP contribution is -2.40. The number of amides is 1. The molecule has 0 aliphatic heterocycles. The Labute approximate surface area is 148 Å². The van der Waals surface area contributed by atoms with Crippen molar-refractivity contribution in [1.82, 2.24) is 5.32 Å². The van der Waals surface area contributed by atoms with Crippen LogP contribution in [0, 0.1) is 0 Å². The monoisotopic (exact) mass is 402 g/mol. The van der Waals surface area contributed by atoms with E-state index in [0.717, 1.165) is 18.4 Å². The van der Waals surface area contributed by atoms with Gasteiger partial charge in [0, 0.05) is 20.3 Å². The first-order chi connectivity index (χ1) is 11.5. The summed E-state index contributed by atoms with van der Waals surface area (Å²) in [6.07, 6.45) is -3.44. The number of carbonyl (C=O) groups excluding carboxylic acids is 1. The van der Waals surface area contributed by atoms with Crippen molar-refractivity contribution in [3.63, 3.8) is 0 Å². The molecule has 0 unspecified atom stereocenters. The zero-order valence-electron chi connectivity index (χ0n) is 13.6. The van der Waals surface area contributed by atoms with Crippen molar-refractivity contribution in [2.45, 2.75) is 12.6 Å². The second kappa shape index (κ2) is 8.72. The Morgan fingerprint density at radius 1 is 1.36 bits per heavy atom. The first-order valence-electron chi connectivity index (χ1n) is 7.07. The maximum atomic E-state index is 12.9. The van der Waals surface area contributed by atoms with Gasteiger partial charge in [0.05, 0.1) is 22.5 Å². The standard InChI is InChI=1S/C14H18ClF3N2O4S/c1-24-7-3-6-19-13(21)9-20(25(2,22)23)10-4-5-12(15)11(8-10)14(16,17)18/h4-5,8H,3,6-7,9H2,1-2H3,(H,19,21). The van der Waals surface area contributed by atoms with Crippen molar-refractivity contribution in [3.8, 4) is 0 Å². The molecule has 1 aromatic carbocycles. The average molecular weight is 403 g/mol. The van der Waals surface area contributed by atoms with E-state index in [0.29, 0.717) is 23.4 Å². The quantitative estimate of drug-likeness (QED) is 0.677. The smallest absolute Gasteiger partial charge is 0.385 e. The molecule has 11 heteroatoms. The summed E-state index contributed by atoms with van der Waals surface area (Å²) in [5, 5.41) is 1.91. The Balaban J connectivity index is 3.03. The third-order valence-electron chi connectivity index (χ3n) is 3.08. The Hall–Kier alpha value is -1.52. The molecule has 142 valence electrons. The molecule has 0 aliphatic carbocycles. The van der Waals surface area contributed by atoms with Gasteiger partial charge in [-0.25, -0.2) is 8.42 Å². The lowest BCUT2D eigenvalue weighted by atomic mass is 10.2. The molecule has 25 heavy (non-hydrogen) atoms. The van der Waals surface area contributed by atoms with E-state index in [1.165, 1.54) is 7.11 Å². The summed E-state index contributed by atoms with van der Waals surface area (Å²) in [5.74, 6) is -0.648. The van der Waals surface area contributed by atoms with E-state index < -0.39 is 39.2 Å². The van der Waals surface area contributed by atoms with Crippen molar-refractivity contribution in [2.75, 3.05) is 37.4 Å². The van der Waals surface area contributed by atoms with Crippen LogP contribution in [-0.2, 0) is 25.7 Å². The number of carbonyl (C=O) groups is 1. The minimum atomic E-state index is -4.75. The highest BCUT2D eigenvalue weighted by Gasteiger charge is 2.34. The summed E-state index contributed by atoms with van der Waals surface area (Å²) >= 11 is 5.52. The van der Waals surface area contributed by atoms with Crippen LogP contribution >= 0.6 is 11.6 Å². The minimum Gasteiger partial charge on any atom is -0.385 e. The highest BCUT2D eigenvalue weighted by atomic mass is 35.5. The van der Waals surface area contributed by atoms with Crippen LogP contribution in [-0.4, -0.2) is 47.4 Å². The number of rotatable bonds is 8. The summed E-state index contributed by atoms with van der Waals surface area (Å²) in [6, 6.07) is 2.65. The van der Waals surface area contributed by atoms with Gasteiger partial charge in [-0.05, 0) is 24.6 Å². The predicted octanol–water partition coefficient (Wildman–Crippen LogP) is 2.28. The van der Waals surface area contributed by atoms with Gasteiger partial charge in [-0.3, -0.25) is 9.10 Å². The fraction of sp³-hybridized carbons (Fsp3) is 0.500. The van der Waals surface area contributed by atoms with Crippen LogP contribution < -0.4 is 9.62 Å². The molecule has 1 rings (SSSR count). The third-order valence-corrected chi connectivity index (χ3v) is 4.55. The molecule has 0 fully saturated rings. The minimum absolute atomic E-state index is 0.249. The van der Waals surface area contributed by atoms with Crippen LogP contribution in [0.3, 0.4) is 0 Å². The number of anilines is 1. The normalized spacial score (nSPS) is 12.1. The summed E-state index contributed by atoms with van der Waals surface area (Å²) < 4.78 is 68.0. The fourth-order valence-corrected chi connectivity index (χ4v) is 2.99. The van der Waals surface area contributed by atoms with E-state index in [2.05, 4.69) is 5.32 Å². The van der Waals surface area contributed by atoms with Crippen LogP contribution in [0.25, 0.3) is 0 Å². The number of benzene rings is 1. The van der Waals surface area contributed by atoms with Gasteiger partial charge in [-0.1, -0.05) is 11.6 Å². The Kier molecular flexibility index (Phi) is 7.51. The van der Waals surface area contributed by atoms with Crippen LogP contribution in [0.2, 0.25) is 5.02 Å². The lowest BCUT2D eigenvalue weighted by Gasteiger charge is -2.23. The molecule has 0 spiro atoms. The molecule has 0 bridgehead atoms. The molecule has 0 aliphatic rings. The summed E-state index contributed by atoms with van der Waals surface area (Å²) in [4.78, 5) is 11.9. The predicted molar refractivity (Wildman–Crippen MR) is 88.1 cm³/mol. The molecule has 0 atom stereocenters. The number of hydrogen-bond donors (Lipinski definition) is 1. The number of halogens is 4. The van der Waals surface area contributed by atoms with Crippen LogP contribution in [0.15, 0.2) is 18.2 Å². The zero-order chi connectivity index (χ0) is 19.3. The van der Waals surface area contributed by atoms with Crippen LogP contribution in [0.5, 0.6) is 0 Å². The molecule has 1 N–H and O–H groups in total. The average Bonchev–Trinajstić information content (AvgIpc) is 2.48. The second-order valence-corrected chi connectivity index (χ2v) is 7.44. The Morgan fingerprint density at radius 2 is 2.00 bits per heavy atom. The molecule has 0 heterocycles. The largest absolute Gasteiger partial charge is 0.417 e. The van der Waals surface area contributed by atoms with Crippen molar-refractivity contribution < 1.29 is 31.1 Å². The first kappa shape index (κ1) is 21.5. The van der Waals surface area contributed by atoms with Gasteiger partial charge in [-0.2, -0.15) is 13.2 Å². The molecule has 6 nitrogen and oxygen atoms in total. The number of alkyl halides is 3. The van der Waals surface area contributed by atoms with E-state index >= 15 is 0 Å². The molecule has 0 saturated carbocycles. The van der Waals surface area contributed by atoms with Gasteiger partial charge < -0.3 is 10.1 Å². The number of methoxy groups -OCH3 is 1. The molecule has 0 aromatic heterocycles. The van der Waals surface area contributed by atoms with Gasteiger partial charge in [0.15, 0.2) is 0 Å². The van der Waals surface area contributed by atoms with Crippen LogP contribution in [0.1, 0.15) is 12.0 Å². The Morgan fingerprint density at radius 3 is 2.52 bits per heavy atom. The van der Waals surface area contributed by atoms with Gasteiger partial charge >= 0.3 is 6.18 Å². The van der Waals surface area contributed by atoms with Crippen LogP contribution in [0.4, 0.5) is 18.9 Å². The first-order valence-corrected chi connectivity index (χ1v) is 9.29. The third kappa shape index (κ3) is 6.71. The number of nitrogens with zero attached hydrogens (tertiary/aromatic N) is 1. The second-order valence-electron chi connectivity index (χ2n) is 5.13. The van der Waals surface area contributed by atoms with Crippen molar-refractivity contribution >= 4 is 33.2 Å². The highest BCUT2D eigenvalue weighted by Crippen LogP contribution is 2.37. The fourth-order valence-electron chi connectivity index (χ4n) is 1.92. The molecular weight excluding hydrogens is 385 g/mol. The summed E-state index contributed by atoms with van der Waals surface area (Å²) in [7, 11) is -2.49. The van der Waals surface area contributed by atoms with Crippen molar-refractivity contribution in [2.24, 2.45) is 0 Å². The lowest BCUT2D eigenvalue weighted by molar-refractivity contribution is -0.137. The molecular formula is C14H18ClF3N2O4S. The Bertz CT molecular complexity index is 711. The zero-order valence-corrected chi connectivity index (χ0v) is 15.1.